The summed E-state index contributed by atoms with van der Waals surface area (Å²) in [5, 5.41) is 7.77. The Hall–Kier alpha value is -3.03. The maximum Gasteiger partial charge on any atom is 0.276 e. The largest absolute Gasteiger partial charge is 0.361 e. The fraction of sp³-hybridized carbons (Fsp3) is 0.333. The lowest BCUT2D eigenvalue weighted by atomic mass is 9.97. The number of benzene rings is 1. The predicted octanol–water partition coefficient (Wildman–Crippen LogP) is 3.19. The average molecular weight is 356 g/mol. The average Bonchev–Trinajstić information content (AvgIpc) is 3.31. The van der Waals surface area contributed by atoms with E-state index in [1.165, 1.54) is 12.1 Å². The molecule has 1 aliphatic rings. The second-order valence-electron chi connectivity index (χ2n) is 6.38. The van der Waals surface area contributed by atoms with E-state index in [1.807, 2.05) is 0 Å². The lowest BCUT2D eigenvalue weighted by Gasteiger charge is -2.30. The Morgan fingerprint density at radius 2 is 2.04 bits per heavy atom. The van der Waals surface area contributed by atoms with Gasteiger partial charge in [-0.05, 0) is 44.0 Å². The van der Waals surface area contributed by atoms with Crippen molar-refractivity contribution < 1.29 is 18.2 Å². The van der Waals surface area contributed by atoms with E-state index in [1.54, 1.807) is 30.0 Å². The van der Waals surface area contributed by atoms with Gasteiger partial charge in [-0.25, -0.2) is 4.39 Å². The fourth-order valence-corrected chi connectivity index (χ4v) is 3.11. The molecule has 0 spiro atoms. The Labute approximate surface area is 148 Å². The molecule has 1 unspecified atom stereocenters. The SMILES string of the molecule is Cc1cc(C(=O)N2CCCC(c3nc(-c4ccc(F)cc4)no3)C2)no1. The zero-order valence-corrected chi connectivity index (χ0v) is 14.2. The summed E-state index contributed by atoms with van der Waals surface area (Å²) in [6.07, 6.45) is 1.69. The van der Waals surface area contributed by atoms with Crippen LogP contribution in [-0.4, -0.2) is 39.2 Å². The van der Waals surface area contributed by atoms with Crippen molar-refractivity contribution in [1.29, 1.82) is 0 Å². The van der Waals surface area contributed by atoms with Crippen LogP contribution in [0.15, 0.2) is 39.4 Å². The van der Waals surface area contributed by atoms with Crippen molar-refractivity contribution in [1.82, 2.24) is 20.2 Å². The lowest BCUT2D eigenvalue weighted by molar-refractivity contribution is 0.0685. The number of aryl methyl sites for hydroxylation is 1. The summed E-state index contributed by atoms with van der Waals surface area (Å²) in [6, 6.07) is 7.55. The second kappa shape index (κ2) is 6.70. The molecule has 0 N–H and O–H groups in total. The second-order valence-corrected chi connectivity index (χ2v) is 6.38. The number of nitrogens with zero attached hydrogens (tertiary/aromatic N) is 4. The molecule has 3 aromatic rings. The Kier molecular flexibility index (Phi) is 4.24. The monoisotopic (exact) mass is 356 g/mol. The van der Waals surface area contributed by atoms with Crippen molar-refractivity contribution in [3.05, 3.63) is 53.5 Å². The van der Waals surface area contributed by atoms with Gasteiger partial charge in [0.1, 0.15) is 11.6 Å². The van der Waals surface area contributed by atoms with Crippen LogP contribution in [0.4, 0.5) is 4.39 Å². The van der Waals surface area contributed by atoms with E-state index in [4.69, 9.17) is 9.05 Å². The van der Waals surface area contributed by atoms with Crippen molar-refractivity contribution in [2.45, 2.75) is 25.7 Å². The Bertz CT molecular complexity index is 919. The van der Waals surface area contributed by atoms with E-state index in [2.05, 4.69) is 15.3 Å². The number of aromatic nitrogens is 3. The molecule has 3 heterocycles. The van der Waals surface area contributed by atoms with Crippen molar-refractivity contribution in [3.63, 3.8) is 0 Å². The first-order chi connectivity index (χ1) is 12.6. The molecule has 0 aliphatic carbocycles. The molecule has 0 bridgehead atoms. The van der Waals surface area contributed by atoms with E-state index in [0.717, 1.165) is 12.8 Å². The zero-order chi connectivity index (χ0) is 18.1. The van der Waals surface area contributed by atoms with Gasteiger partial charge in [0.2, 0.25) is 11.7 Å². The molecular weight excluding hydrogens is 339 g/mol. The lowest BCUT2D eigenvalue weighted by Crippen LogP contribution is -2.39. The van der Waals surface area contributed by atoms with Gasteiger partial charge in [0.15, 0.2) is 5.69 Å². The van der Waals surface area contributed by atoms with Crippen LogP contribution in [0.2, 0.25) is 0 Å². The maximum absolute atomic E-state index is 13.0. The summed E-state index contributed by atoms with van der Waals surface area (Å²) in [7, 11) is 0. The van der Waals surface area contributed by atoms with Crippen LogP contribution in [0, 0.1) is 12.7 Å². The molecule has 2 aromatic heterocycles. The van der Waals surface area contributed by atoms with Gasteiger partial charge in [-0.15, -0.1) is 0 Å². The molecule has 1 amide bonds. The van der Waals surface area contributed by atoms with Crippen molar-refractivity contribution in [2.24, 2.45) is 0 Å². The molecule has 7 nitrogen and oxygen atoms in total. The highest BCUT2D eigenvalue weighted by molar-refractivity contribution is 5.92. The quantitative estimate of drug-likeness (QED) is 0.716. The van der Waals surface area contributed by atoms with Gasteiger partial charge < -0.3 is 13.9 Å². The maximum atomic E-state index is 13.0. The zero-order valence-electron chi connectivity index (χ0n) is 14.2. The van der Waals surface area contributed by atoms with E-state index in [-0.39, 0.29) is 17.6 Å². The molecule has 1 saturated heterocycles. The smallest absolute Gasteiger partial charge is 0.276 e. The highest BCUT2D eigenvalue weighted by Gasteiger charge is 2.30. The molecule has 0 radical (unpaired) electrons. The summed E-state index contributed by atoms with van der Waals surface area (Å²) in [5.41, 5.74) is 0.990. The minimum absolute atomic E-state index is 0.0394. The van der Waals surface area contributed by atoms with Crippen LogP contribution in [0.5, 0.6) is 0 Å². The van der Waals surface area contributed by atoms with Crippen molar-refractivity contribution >= 4 is 5.91 Å². The van der Waals surface area contributed by atoms with Crippen LogP contribution >= 0.6 is 0 Å². The van der Waals surface area contributed by atoms with Crippen molar-refractivity contribution in [3.8, 4) is 11.4 Å². The van der Waals surface area contributed by atoms with Gasteiger partial charge in [0.05, 0.1) is 5.92 Å². The number of amides is 1. The molecular formula is C18H17FN4O3. The van der Waals surface area contributed by atoms with Gasteiger partial charge in [0.25, 0.3) is 5.91 Å². The number of hydrogen-bond donors (Lipinski definition) is 0. The van der Waals surface area contributed by atoms with Gasteiger partial charge in [-0.3, -0.25) is 4.79 Å². The summed E-state index contributed by atoms with van der Waals surface area (Å²) < 4.78 is 23.4. The summed E-state index contributed by atoms with van der Waals surface area (Å²) in [4.78, 5) is 18.7. The summed E-state index contributed by atoms with van der Waals surface area (Å²) >= 11 is 0. The van der Waals surface area contributed by atoms with E-state index >= 15 is 0 Å². The molecule has 1 fully saturated rings. The van der Waals surface area contributed by atoms with Gasteiger partial charge in [-0.1, -0.05) is 10.3 Å². The van der Waals surface area contributed by atoms with E-state index < -0.39 is 0 Å². The molecule has 4 rings (SSSR count). The Balaban J connectivity index is 1.49. The minimum Gasteiger partial charge on any atom is -0.361 e. The van der Waals surface area contributed by atoms with Crippen molar-refractivity contribution in [2.75, 3.05) is 13.1 Å². The predicted molar refractivity (Wildman–Crippen MR) is 88.8 cm³/mol. The number of piperidine rings is 1. The number of likely N-dealkylation sites (tertiary alicyclic amines) is 1. The van der Waals surface area contributed by atoms with Crippen LogP contribution < -0.4 is 0 Å². The van der Waals surface area contributed by atoms with Crippen LogP contribution in [0.25, 0.3) is 11.4 Å². The van der Waals surface area contributed by atoms with Gasteiger partial charge in [-0.2, -0.15) is 4.98 Å². The highest BCUT2D eigenvalue weighted by Crippen LogP contribution is 2.28. The number of carbonyl (C=O) groups is 1. The van der Waals surface area contributed by atoms with E-state index in [9.17, 15) is 9.18 Å². The minimum atomic E-state index is -0.318. The van der Waals surface area contributed by atoms with Gasteiger partial charge >= 0.3 is 0 Å². The van der Waals surface area contributed by atoms with E-state index in [0.29, 0.717) is 41.8 Å². The summed E-state index contributed by atoms with van der Waals surface area (Å²) in [6.45, 7) is 2.88. The molecule has 1 atom stereocenters. The first-order valence-corrected chi connectivity index (χ1v) is 8.42. The van der Waals surface area contributed by atoms with Crippen LogP contribution in [0.3, 0.4) is 0 Å². The molecule has 134 valence electrons. The number of carbonyl (C=O) groups excluding carboxylic acids is 1. The van der Waals surface area contributed by atoms with Crippen LogP contribution in [0.1, 0.15) is 40.9 Å². The fourth-order valence-electron chi connectivity index (χ4n) is 3.11. The van der Waals surface area contributed by atoms with Crippen LogP contribution in [-0.2, 0) is 0 Å². The third-order valence-corrected chi connectivity index (χ3v) is 4.45. The molecule has 8 heteroatoms. The molecule has 26 heavy (non-hydrogen) atoms. The topological polar surface area (TPSA) is 85.3 Å². The first kappa shape index (κ1) is 16.4. The number of rotatable bonds is 3. The first-order valence-electron chi connectivity index (χ1n) is 8.42. The normalized spacial score (nSPS) is 17.5. The number of halogens is 1. The third kappa shape index (κ3) is 3.22. The summed E-state index contributed by atoms with van der Waals surface area (Å²) in [5.74, 6) is 0.978. The highest BCUT2D eigenvalue weighted by atomic mass is 19.1. The molecule has 1 aromatic carbocycles. The van der Waals surface area contributed by atoms with Gasteiger partial charge in [0, 0.05) is 24.7 Å². The Morgan fingerprint density at radius 1 is 1.23 bits per heavy atom. The molecule has 0 saturated carbocycles. The number of hydrogen-bond acceptors (Lipinski definition) is 6. The molecule has 1 aliphatic heterocycles. The Morgan fingerprint density at radius 3 is 2.77 bits per heavy atom. The standard InChI is InChI=1S/C18H17FN4O3/c1-11-9-15(21-25-11)18(24)23-8-2-3-13(10-23)17-20-16(22-26-17)12-4-6-14(19)7-5-12/h4-7,9,13H,2-3,8,10H2,1H3. The third-order valence-electron chi connectivity index (χ3n) is 4.45.